The summed E-state index contributed by atoms with van der Waals surface area (Å²) in [5.41, 5.74) is -18.8. The van der Waals surface area contributed by atoms with Gasteiger partial charge in [0.2, 0.25) is 0 Å². The summed E-state index contributed by atoms with van der Waals surface area (Å²) in [7, 11) is 1.15. The van der Waals surface area contributed by atoms with Gasteiger partial charge >= 0.3 is 30.4 Å². The number of rotatable bonds is 5. The van der Waals surface area contributed by atoms with Gasteiger partial charge in [-0.05, 0) is 42.5 Å². The first-order valence-electron chi connectivity index (χ1n) is 11.4. The molecular weight excluding hydrogens is 657 g/mol. The van der Waals surface area contributed by atoms with Crippen molar-refractivity contribution < 1.29 is 66.7 Å². The summed E-state index contributed by atoms with van der Waals surface area (Å²) in [4.78, 5) is 30.2. The van der Waals surface area contributed by atoms with Gasteiger partial charge in [-0.25, -0.2) is 9.37 Å². The van der Waals surface area contributed by atoms with Crippen LogP contribution < -0.4 is 10.2 Å². The van der Waals surface area contributed by atoms with E-state index in [-0.39, 0.29) is 16.4 Å². The average Bonchev–Trinajstić information content (AvgIpc) is 2.89. The lowest BCUT2D eigenvalue weighted by Gasteiger charge is -2.32. The topological polar surface area (TPSA) is 62.3 Å². The van der Waals surface area contributed by atoms with Crippen LogP contribution in [0.5, 0.6) is 0 Å². The predicted molar refractivity (Wildman–Crippen MR) is 128 cm³/mol. The number of alkyl halides is 13. The number of halogens is 14. The Morgan fingerprint density at radius 2 is 1.30 bits per heavy atom. The van der Waals surface area contributed by atoms with Crippen molar-refractivity contribution >= 4 is 34.8 Å². The smallest absolute Gasteiger partial charge is 0.321 e. The third kappa shape index (κ3) is 6.53. The van der Waals surface area contributed by atoms with Crippen LogP contribution in [0, 0.1) is 0 Å². The normalized spacial score (nSPS) is 13.1. The second kappa shape index (κ2) is 11.4. The molecule has 0 saturated heterocycles. The number of nitrogens with zero attached hydrogens (tertiary/aromatic N) is 2. The number of amides is 2. The van der Waals surface area contributed by atoms with Gasteiger partial charge in [0.05, 0.1) is 22.4 Å². The Kier molecular flexibility index (Phi) is 8.95. The summed E-state index contributed by atoms with van der Waals surface area (Å²) in [6, 6.07) is 4.25. The molecule has 0 aliphatic carbocycles. The molecule has 0 radical (unpaired) electrons. The molecule has 0 aliphatic heterocycles. The van der Waals surface area contributed by atoms with Gasteiger partial charge in [-0.15, -0.1) is 0 Å². The van der Waals surface area contributed by atoms with Gasteiger partial charge in [0, 0.05) is 30.1 Å². The molecule has 19 heteroatoms. The van der Waals surface area contributed by atoms with Crippen LogP contribution in [-0.4, -0.2) is 36.2 Å². The van der Waals surface area contributed by atoms with E-state index in [1.807, 2.05) is 0 Å². The highest BCUT2D eigenvalue weighted by Gasteiger charge is 2.74. The third-order valence-electron chi connectivity index (χ3n) is 5.96. The predicted octanol–water partition coefficient (Wildman–Crippen LogP) is 8.59. The first-order chi connectivity index (χ1) is 19.9. The molecule has 0 bridgehead atoms. The minimum atomic E-state index is -7.05. The highest BCUT2D eigenvalue weighted by molar-refractivity contribution is 6.33. The van der Waals surface area contributed by atoms with Gasteiger partial charge in [0.25, 0.3) is 11.8 Å². The van der Waals surface area contributed by atoms with Gasteiger partial charge in [-0.1, -0.05) is 17.7 Å². The number of benzene rings is 2. The van der Waals surface area contributed by atoms with Gasteiger partial charge in [0.1, 0.15) is 5.15 Å². The molecule has 2 aromatic carbocycles. The van der Waals surface area contributed by atoms with Gasteiger partial charge in [-0.3, -0.25) is 9.59 Å². The lowest BCUT2D eigenvalue weighted by molar-refractivity contribution is -0.348. The molecule has 0 saturated carbocycles. The Hall–Kier alpha value is -4.09. The Morgan fingerprint density at radius 1 is 0.773 bits per heavy atom. The van der Waals surface area contributed by atoms with E-state index in [2.05, 4.69) is 4.98 Å². The van der Waals surface area contributed by atoms with Crippen molar-refractivity contribution in [2.24, 2.45) is 0 Å². The highest BCUT2D eigenvalue weighted by atomic mass is 35.5. The van der Waals surface area contributed by atoms with Crippen LogP contribution >= 0.6 is 11.6 Å². The van der Waals surface area contributed by atoms with E-state index in [1.54, 1.807) is 0 Å². The Balaban J connectivity index is 2.17. The quantitative estimate of drug-likeness (QED) is 0.219. The lowest BCUT2D eigenvalue weighted by Crippen LogP contribution is -2.50. The molecule has 1 heterocycles. The van der Waals surface area contributed by atoms with Crippen molar-refractivity contribution in [3.05, 3.63) is 87.7 Å². The van der Waals surface area contributed by atoms with E-state index >= 15 is 0 Å². The number of aromatic nitrogens is 1. The third-order valence-corrected chi connectivity index (χ3v) is 6.26. The molecule has 3 aromatic rings. The summed E-state index contributed by atoms with van der Waals surface area (Å²) in [5, 5.41) is 0.961. The second-order valence-electron chi connectivity index (χ2n) is 8.81. The van der Waals surface area contributed by atoms with Crippen LogP contribution in [0.2, 0.25) is 5.15 Å². The first-order valence-corrected chi connectivity index (χ1v) is 11.7. The monoisotopic (exact) mass is 669 g/mol. The van der Waals surface area contributed by atoms with Gasteiger partial charge in [0.15, 0.2) is 0 Å². The number of carbonyl (C=O) groups excluding carboxylic acids is 2. The number of hydrogen-bond acceptors (Lipinski definition) is 3. The fourth-order valence-electron chi connectivity index (χ4n) is 3.80. The molecule has 0 fully saturated rings. The molecule has 1 aromatic heterocycles. The molecule has 0 spiro atoms. The Morgan fingerprint density at radius 3 is 1.75 bits per heavy atom. The number of nitrogens with one attached hydrogen (secondary N) is 1. The van der Waals surface area contributed by atoms with Crippen LogP contribution in [0.15, 0.2) is 54.7 Å². The molecule has 0 unspecified atom stereocenters. The molecular formula is C25H13ClF13N3O2. The minimum absolute atomic E-state index is 0.141. The van der Waals surface area contributed by atoms with E-state index in [4.69, 9.17) is 11.6 Å². The fraction of sp³-hybridized carbons (Fsp3) is 0.240. The van der Waals surface area contributed by atoms with Crippen LogP contribution in [0.4, 0.5) is 68.5 Å². The van der Waals surface area contributed by atoms with Crippen molar-refractivity contribution in [2.75, 3.05) is 17.3 Å². The summed E-state index contributed by atoms with van der Waals surface area (Å²) >= 11 is 5.86. The van der Waals surface area contributed by atoms with Crippen molar-refractivity contribution in [3.8, 4) is 0 Å². The van der Waals surface area contributed by atoms with Crippen LogP contribution in [0.25, 0.3) is 0 Å². The summed E-state index contributed by atoms with van der Waals surface area (Å²) in [6.07, 6.45) is -25.1. The van der Waals surface area contributed by atoms with E-state index in [0.717, 1.165) is 30.1 Å². The van der Waals surface area contributed by atoms with Crippen LogP contribution in [0.3, 0.4) is 0 Å². The van der Waals surface area contributed by atoms with Crippen molar-refractivity contribution in [1.29, 1.82) is 0 Å². The molecule has 3 rings (SSSR count). The maximum absolute atomic E-state index is 14.5. The standard InChI is InChI=1S/C25H13ClF13N3O2/c1-42(20(44)14-6-3-7-40-18(14)26)13-5-2-4-11(8-13)19(43)41-17-15(22(28,29)30)9-12(10-16(17)23(31,32)33)21(27,24(34,35)36)25(37,38)39/h2-10H,1H3,(H,41,43). The lowest BCUT2D eigenvalue weighted by atomic mass is 9.89. The molecule has 2 amide bonds. The SMILES string of the molecule is CN(C(=O)c1cccnc1Cl)c1cccc(C(=O)Nc2c(C(F)(F)F)cc(C(F)(C(F)(F)F)C(F)(F)F)cc2C(F)(F)F)c1. The summed E-state index contributed by atoms with van der Waals surface area (Å²) in [5.74, 6) is -2.59. The summed E-state index contributed by atoms with van der Waals surface area (Å²) < 4.78 is 177. The average molecular weight is 670 g/mol. The van der Waals surface area contributed by atoms with Crippen molar-refractivity contribution in [2.45, 2.75) is 30.4 Å². The number of anilines is 2. The Labute approximate surface area is 242 Å². The molecule has 0 atom stereocenters. The largest absolute Gasteiger partial charge is 0.435 e. The van der Waals surface area contributed by atoms with E-state index < -0.39 is 82.3 Å². The summed E-state index contributed by atoms with van der Waals surface area (Å²) in [6.45, 7) is 0. The molecule has 1 N–H and O–H groups in total. The van der Waals surface area contributed by atoms with Gasteiger partial charge < -0.3 is 10.2 Å². The first kappa shape index (κ1) is 34.4. The molecule has 238 valence electrons. The van der Waals surface area contributed by atoms with Crippen LogP contribution in [0.1, 0.15) is 37.4 Å². The molecule has 44 heavy (non-hydrogen) atoms. The molecule has 0 aliphatic rings. The van der Waals surface area contributed by atoms with E-state index in [9.17, 15) is 66.7 Å². The fourth-order valence-corrected chi connectivity index (χ4v) is 4.00. The van der Waals surface area contributed by atoms with E-state index in [0.29, 0.717) is 0 Å². The zero-order chi connectivity index (χ0) is 33.6. The maximum Gasteiger partial charge on any atom is 0.435 e. The Bertz CT molecular complexity index is 1530. The van der Waals surface area contributed by atoms with E-state index in [1.165, 1.54) is 29.7 Å². The van der Waals surface area contributed by atoms with Crippen LogP contribution in [-0.2, 0) is 18.0 Å². The van der Waals surface area contributed by atoms with Crippen molar-refractivity contribution in [1.82, 2.24) is 4.98 Å². The minimum Gasteiger partial charge on any atom is -0.321 e. The maximum atomic E-state index is 14.5. The van der Waals surface area contributed by atoms with Crippen molar-refractivity contribution in [3.63, 3.8) is 0 Å². The number of hydrogen-bond donors (Lipinski definition) is 1. The molecule has 5 nitrogen and oxygen atoms in total. The zero-order valence-corrected chi connectivity index (χ0v) is 22.0. The number of carbonyl (C=O) groups is 2. The highest BCUT2D eigenvalue weighted by Crippen LogP contribution is 2.55. The zero-order valence-electron chi connectivity index (χ0n) is 21.2. The second-order valence-corrected chi connectivity index (χ2v) is 9.16. The number of pyridine rings is 1. The van der Waals surface area contributed by atoms with Gasteiger partial charge in [-0.2, -0.15) is 52.7 Å².